The van der Waals surface area contributed by atoms with Crippen molar-refractivity contribution in [3.8, 4) is 5.75 Å². The summed E-state index contributed by atoms with van der Waals surface area (Å²) in [7, 11) is 5.17. The van der Waals surface area contributed by atoms with Crippen LogP contribution in [0.25, 0.3) is 0 Å². The lowest BCUT2D eigenvalue weighted by atomic mass is 10.2. The van der Waals surface area contributed by atoms with E-state index in [9.17, 15) is 4.79 Å². The molecule has 148 valence electrons. The first kappa shape index (κ1) is 20.6. The van der Waals surface area contributed by atoms with Crippen molar-refractivity contribution < 1.29 is 9.53 Å². The molecule has 0 aromatic heterocycles. The summed E-state index contributed by atoms with van der Waals surface area (Å²) in [5.74, 6) is 1.61. The average Bonchev–Trinajstić information content (AvgIpc) is 2.67. The van der Waals surface area contributed by atoms with Gasteiger partial charge in [0.25, 0.3) is 0 Å². The normalized spacial score (nSPS) is 14.7. The van der Waals surface area contributed by atoms with Crippen molar-refractivity contribution in [2.24, 2.45) is 4.99 Å². The molecule has 1 fully saturated rings. The number of carbonyl (C=O) groups excluding carboxylic acids is 1. The monoisotopic (exact) mass is 373 g/mol. The highest BCUT2D eigenvalue weighted by molar-refractivity contribution is 5.85. The Morgan fingerprint density at radius 2 is 2.00 bits per heavy atom. The molecule has 27 heavy (non-hydrogen) atoms. The number of anilines is 1. The van der Waals surface area contributed by atoms with Crippen LogP contribution in [0, 0.1) is 0 Å². The SMILES string of the molecule is C=C(C)CNC(=NCC(=O)N(C)C)N1CCN(c2cccc(OC)c2)CC1. The highest BCUT2D eigenvalue weighted by Gasteiger charge is 2.20. The average molecular weight is 374 g/mol. The van der Waals surface area contributed by atoms with Gasteiger partial charge < -0.3 is 24.8 Å². The van der Waals surface area contributed by atoms with Crippen molar-refractivity contribution in [3.63, 3.8) is 0 Å². The summed E-state index contributed by atoms with van der Waals surface area (Å²) < 4.78 is 5.32. The number of hydrogen-bond acceptors (Lipinski definition) is 4. The maximum Gasteiger partial charge on any atom is 0.243 e. The van der Waals surface area contributed by atoms with Crippen LogP contribution in [0.5, 0.6) is 5.75 Å². The Kier molecular flexibility index (Phi) is 7.52. The fraction of sp³-hybridized carbons (Fsp3) is 0.500. The molecule has 1 aliphatic rings. The van der Waals surface area contributed by atoms with E-state index in [1.807, 2.05) is 19.1 Å². The number of benzene rings is 1. The van der Waals surface area contributed by atoms with Crippen LogP contribution in [0.3, 0.4) is 0 Å². The molecule has 7 nitrogen and oxygen atoms in total. The predicted octanol–water partition coefficient (Wildman–Crippen LogP) is 1.43. The number of likely N-dealkylation sites (N-methyl/N-ethyl adjacent to an activating group) is 1. The smallest absolute Gasteiger partial charge is 0.243 e. The molecule has 1 aromatic carbocycles. The van der Waals surface area contributed by atoms with Gasteiger partial charge in [0.05, 0.1) is 7.11 Å². The maximum atomic E-state index is 11.9. The molecule has 0 atom stereocenters. The minimum absolute atomic E-state index is 0.0142. The van der Waals surface area contributed by atoms with Gasteiger partial charge in [-0.05, 0) is 19.1 Å². The second kappa shape index (κ2) is 9.85. The molecule has 1 N–H and O–H groups in total. The van der Waals surface area contributed by atoms with Gasteiger partial charge in [-0.25, -0.2) is 4.99 Å². The van der Waals surface area contributed by atoms with E-state index in [2.05, 4.69) is 38.8 Å². The molecule has 1 heterocycles. The summed E-state index contributed by atoms with van der Waals surface area (Å²) in [4.78, 5) is 22.5. The number of ether oxygens (including phenoxy) is 1. The number of hydrogen-bond donors (Lipinski definition) is 1. The molecule has 1 amide bonds. The van der Waals surface area contributed by atoms with Crippen LogP contribution in [-0.2, 0) is 4.79 Å². The third-order valence-corrected chi connectivity index (χ3v) is 4.41. The van der Waals surface area contributed by atoms with E-state index < -0.39 is 0 Å². The highest BCUT2D eigenvalue weighted by Crippen LogP contribution is 2.22. The standard InChI is InChI=1S/C20H31N5O2/c1-16(2)14-21-20(22-15-19(26)23(3)4)25-11-9-24(10-12-25)17-7-6-8-18(13-17)27-5/h6-8,13H,1,9-12,14-15H2,2-5H3,(H,21,22). The number of nitrogens with zero attached hydrogens (tertiary/aromatic N) is 4. The number of guanidine groups is 1. The fourth-order valence-corrected chi connectivity index (χ4v) is 2.77. The number of methoxy groups -OCH3 is 1. The Balaban J connectivity index is 2.02. The first-order valence-electron chi connectivity index (χ1n) is 9.17. The summed E-state index contributed by atoms with van der Waals surface area (Å²) in [6.45, 7) is 10.1. The van der Waals surface area contributed by atoms with E-state index in [0.717, 1.165) is 49.1 Å². The van der Waals surface area contributed by atoms with Crippen LogP contribution in [0.4, 0.5) is 5.69 Å². The molecular weight excluding hydrogens is 342 g/mol. The van der Waals surface area contributed by atoms with Crippen molar-refractivity contribution in [1.82, 2.24) is 15.1 Å². The molecule has 1 saturated heterocycles. The van der Waals surface area contributed by atoms with Gasteiger partial charge in [0, 0.05) is 58.6 Å². The molecule has 0 spiro atoms. The second-order valence-corrected chi connectivity index (χ2v) is 6.91. The fourth-order valence-electron chi connectivity index (χ4n) is 2.77. The van der Waals surface area contributed by atoms with Gasteiger partial charge >= 0.3 is 0 Å². The van der Waals surface area contributed by atoms with Crippen LogP contribution < -0.4 is 15.0 Å². The molecule has 1 aromatic rings. The Morgan fingerprint density at radius 3 is 2.59 bits per heavy atom. The van der Waals surface area contributed by atoms with Crippen LogP contribution in [0.1, 0.15) is 6.92 Å². The first-order chi connectivity index (χ1) is 12.9. The van der Waals surface area contributed by atoms with Gasteiger partial charge in [-0.15, -0.1) is 0 Å². The number of piperazine rings is 1. The van der Waals surface area contributed by atoms with Crippen LogP contribution in [0.15, 0.2) is 41.4 Å². The lowest BCUT2D eigenvalue weighted by Crippen LogP contribution is -2.53. The molecule has 0 saturated carbocycles. The zero-order chi connectivity index (χ0) is 19.8. The molecule has 0 unspecified atom stereocenters. The topological polar surface area (TPSA) is 60.4 Å². The summed E-state index contributed by atoms with van der Waals surface area (Å²) in [5, 5.41) is 3.32. The van der Waals surface area contributed by atoms with Gasteiger partial charge in [-0.3, -0.25) is 4.79 Å². The Morgan fingerprint density at radius 1 is 1.30 bits per heavy atom. The number of aliphatic imine (C=N–C) groups is 1. The molecule has 7 heteroatoms. The van der Waals surface area contributed by atoms with E-state index in [0.29, 0.717) is 6.54 Å². The first-order valence-corrected chi connectivity index (χ1v) is 9.17. The molecular formula is C20H31N5O2. The van der Waals surface area contributed by atoms with Crippen molar-refractivity contribution >= 4 is 17.6 Å². The molecule has 0 bridgehead atoms. The second-order valence-electron chi connectivity index (χ2n) is 6.91. The van der Waals surface area contributed by atoms with Gasteiger partial charge in [-0.2, -0.15) is 0 Å². The third-order valence-electron chi connectivity index (χ3n) is 4.41. The summed E-state index contributed by atoms with van der Waals surface area (Å²) in [6.07, 6.45) is 0. The van der Waals surface area contributed by atoms with Gasteiger partial charge in [0.15, 0.2) is 5.96 Å². The van der Waals surface area contributed by atoms with Crippen molar-refractivity contribution in [3.05, 3.63) is 36.4 Å². The Hall–Kier alpha value is -2.70. The minimum atomic E-state index is -0.0142. The predicted molar refractivity (Wildman–Crippen MR) is 111 cm³/mol. The van der Waals surface area contributed by atoms with Crippen LogP contribution >= 0.6 is 0 Å². The largest absolute Gasteiger partial charge is 0.497 e. The van der Waals surface area contributed by atoms with Gasteiger partial charge in [0.2, 0.25) is 5.91 Å². The number of amides is 1. The zero-order valence-electron chi connectivity index (χ0n) is 16.9. The molecule has 0 radical (unpaired) electrons. The third kappa shape index (κ3) is 6.20. The van der Waals surface area contributed by atoms with Crippen molar-refractivity contribution in [1.29, 1.82) is 0 Å². The quantitative estimate of drug-likeness (QED) is 0.464. The van der Waals surface area contributed by atoms with Crippen molar-refractivity contribution in [2.45, 2.75) is 6.92 Å². The van der Waals surface area contributed by atoms with E-state index in [4.69, 9.17) is 4.74 Å². The highest BCUT2D eigenvalue weighted by atomic mass is 16.5. The van der Waals surface area contributed by atoms with E-state index >= 15 is 0 Å². The van der Waals surface area contributed by atoms with Crippen LogP contribution in [-0.4, -0.2) is 82.1 Å². The van der Waals surface area contributed by atoms with E-state index in [-0.39, 0.29) is 12.5 Å². The Labute approximate surface area is 162 Å². The molecule has 1 aliphatic heterocycles. The maximum absolute atomic E-state index is 11.9. The molecule has 0 aliphatic carbocycles. The summed E-state index contributed by atoms with van der Waals surface area (Å²) >= 11 is 0. The lowest BCUT2D eigenvalue weighted by molar-refractivity contribution is -0.127. The van der Waals surface area contributed by atoms with E-state index in [1.165, 1.54) is 0 Å². The number of carbonyl (C=O) groups is 1. The summed E-state index contributed by atoms with van der Waals surface area (Å²) in [6, 6.07) is 8.12. The lowest BCUT2D eigenvalue weighted by Gasteiger charge is -2.38. The zero-order valence-corrected chi connectivity index (χ0v) is 16.9. The Bertz CT molecular complexity index is 679. The molecule has 2 rings (SSSR count). The summed E-state index contributed by atoms with van der Waals surface area (Å²) in [5.41, 5.74) is 2.18. The van der Waals surface area contributed by atoms with Gasteiger partial charge in [0.1, 0.15) is 12.3 Å². The van der Waals surface area contributed by atoms with Crippen LogP contribution in [0.2, 0.25) is 0 Å². The van der Waals surface area contributed by atoms with E-state index in [1.54, 1.807) is 26.1 Å². The number of rotatable bonds is 6. The van der Waals surface area contributed by atoms with Crippen molar-refractivity contribution in [2.75, 3.05) is 65.4 Å². The number of nitrogens with one attached hydrogen (secondary N) is 1. The van der Waals surface area contributed by atoms with Gasteiger partial charge in [-0.1, -0.05) is 18.2 Å². The minimum Gasteiger partial charge on any atom is -0.497 e.